The summed E-state index contributed by atoms with van der Waals surface area (Å²) in [5.41, 5.74) is -0.345. The monoisotopic (exact) mass is 293 g/mol. The molecule has 0 aliphatic heterocycles. The van der Waals surface area contributed by atoms with Gasteiger partial charge in [-0.2, -0.15) is 0 Å². The second kappa shape index (κ2) is 4.56. The Hall–Kier alpha value is -2.06. The Balaban J connectivity index is 2.26. The van der Waals surface area contributed by atoms with E-state index in [0.717, 1.165) is 16.2 Å². The molecule has 96 valence electrons. The van der Waals surface area contributed by atoms with Crippen molar-refractivity contribution in [3.63, 3.8) is 0 Å². The van der Waals surface area contributed by atoms with Crippen LogP contribution in [0.1, 0.15) is 9.67 Å². The van der Waals surface area contributed by atoms with Crippen LogP contribution in [0.15, 0.2) is 28.4 Å². The first-order valence-corrected chi connectivity index (χ1v) is 6.92. The van der Waals surface area contributed by atoms with Crippen LogP contribution in [0.25, 0.3) is 15.7 Å². The average Bonchev–Trinajstić information content (AvgIpc) is 3.05. The van der Waals surface area contributed by atoms with Gasteiger partial charge in [0.15, 0.2) is 5.82 Å². The number of carbonyl (C=O) groups is 1. The number of ether oxygens (including phenoxy) is 1. The standard InChI is InChI=1S/C11H7N3O3S2/c1-17-10(16)7-5-8(15)14-9(6-3-2-4-18-6)12-13-11(14)19-7/h2-5H,1H3. The summed E-state index contributed by atoms with van der Waals surface area (Å²) in [5.74, 6) is -0.0621. The third-order valence-corrected chi connectivity index (χ3v) is 4.25. The molecule has 19 heavy (non-hydrogen) atoms. The lowest BCUT2D eigenvalue weighted by atomic mass is 10.4. The van der Waals surface area contributed by atoms with Crippen molar-refractivity contribution in [1.82, 2.24) is 14.6 Å². The van der Waals surface area contributed by atoms with Crippen LogP contribution < -0.4 is 5.56 Å². The molecular formula is C11H7N3O3S2. The zero-order valence-electron chi connectivity index (χ0n) is 9.69. The Labute approximate surface area is 114 Å². The largest absolute Gasteiger partial charge is 0.465 e. The van der Waals surface area contributed by atoms with Gasteiger partial charge in [-0.05, 0) is 11.4 Å². The lowest BCUT2D eigenvalue weighted by Gasteiger charge is -1.98. The van der Waals surface area contributed by atoms with E-state index in [1.165, 1.54) is 28.9 Å². The number of thiophene rings is 1. The van der Waals surface area contributed by atoms with Crippen molar-refractivity contribution in [3.05, 3.63) is 38.8 Å². The van der Waals surface area contributed by atoms with E-state index in [4.69, 9.17) is 0 Å². The first-order valence-electron chi connectivity index (χ1n) is 5.22. The predicted octanol–water partition coefficient (Wildman–Crippen LogP) is 1.67. The van der Waals surface area contributed by atoms with Crippen LogP contribution in [0.2, 0.25) is 0 Å². The third kappa shape index (κ3) is 1.94. The molecule has 0 unspecified atom stereocenters. The summed E-state index contributed by atoms with van der Waals surface area (Å²) in [7, 11) is 1.27. The summed E-state index contributed by atoms with van der Waals surface area (Å²) in [6, 6.07) is 4.97. The zero-order valence-corrected chi connectivity index (χ0v) is 11.3. The highest BCUT2D eigenvalue weighted by molar-refractivity contribution is 7.18. The fourth-order valence-electron chi connectivity index (χ4n) is 1.61. The van der Waals surface area contributed by atoms with Crippen LogP contribution in [0, 0.1) is 0 Å². The van der Waals surface area contributed by atoms with E-state index in [1.54, 1.807) is 0 Å². The molecule has 3 aromatic rings. The second-order valence-electron chi connectivity index (χ2n) is 3.56. The molecule has 3 heterocycles. The number of esters is 1. The molecule has 0 aromatic carbocycles. The number of fused-ring (bicyclic) bond motifs is 1. The molecule has 0 saturated heterocycles. The van der Waals surface area contributed by atoms with Crippen LogP contribution in [0.4, 0.5) is 0 Å². The van der Waals surface area contributed by atoms with Crippen LogP contribution in [0.3, 0.4) is 0 Å². The number of rotatable bonds is 2. The summed E-state index contributed by atoms with van der Waals surface area (Å²) < 4.78 is 5.99. The molecule has 0 spiro atoms. The Kier molecular flexibility index (Phi) is 2.88. The SMILES string of the molecule is COC(=O)c1cc(=O)n2c(-c3cccs3)nnc2s1. The lowest BCUT2D eigenvalue weighted by Crippen LogP contribution is -2.14. The van der Waals surface area contributed by atoms with E-state index in [9.17, 15) is 9.59 Å². The fraction of sp³-hybridized carbons (Fsp3) is 0.0909. The molecule has 6 nitrogen and oxygen atoms in total. The minimum absolute atomic E-state index is 0.213. The van der Waals surface area contributed by atoms with Gasteiger partial charge < -0.3 is 4.74 Å². The quantitative estimate of drug-likeness (QED) is 0.672. The van der Waals surface area contributed by atoms with E-state index in [2.05, 4.69) is 14.9 Å². The highest BCUT2D eigenvalue weighted by atomic mass is 32.1. The van der Waals surface area contributed by atoms with Crippen molar-refractivity contribution < 1.29 is 9.53 Å². The highest BCUT2D eigenvalue weighted by Crippen LogP contribution is 2.24. The molecule has 0 amide bonds. The second-order valence-corrected chi connectivity index (χ2v) is 5.52. The van der Waals surface area contributed by atoms with E-state index < -0.39 is 5.97 Å². The Morgan fingerprint density at radius 2 is 2.26 bits per heavy atom. The van der Waals surface area contributed by atoms with Crippen molar-refractivity contribution in [2.45, 2.75) is 0 Å². The number of aromatic nitrogens is 3. The number of carbonyl (C=O) groups excluding carboxylic acids is 1. The number of methoxy groups -OCH3 is 1. The van der Waals surface area contributed by atoms with Gasteiger partial charge in [-0.15, -0.1) is 21.5 Å². The first kappa shape index (κ1) is 12.0. The van der Waals surface area contributed by atoms with Crippen molar-refractivity contribution in [3.8, 4) is 10.7 Å². The Morgan fingerprint density at radius 3 is 2.95 bits per heavy atom. The summed E-state index contributed by atoms with van der Waals surface area (Å²) >= 11 is 2.54. The summed E-state index contributed by atoms with van der Waals surface area (Å²) in [6.07, 6.45) is 0. The summed E-state index contributed by atoms with van der Waals surface area (Å²) in [5, 5.41) is 9.85. The van der Waals surface area contributed by atoms with Gasteiger partial charge >= 0.3 is 5.97 Å². The van der Waals surface area contributed by atoms with E-state index in [1.807, 2.05) is 17.5 Å². The van der Waals surface area contributed by atoms with Crippen molar-refractivity contribution in [2.75, 3.05) is 7.11 Å². The Bertz CT molecular complexity index is 804. The summed E-state index contributed by atoms with van der Waals surface area (Å²) in [6.45, 7) is 0. The summed E-state index contributed by atoms with van der Waals surface area (Å²) in [4.78, 5) is 25.0. The van der Waals surface area contributed by atoms with Gasteiger partial charge in [0.1, 0.15) is 4.88 Å². The normalized spacial score (nSPS) is 10.8. The van der Waals surface area contributed by atoms with Gasteiger partial charge in [0.05, 0.1) is 12.0 Å². The molecule has 3 rings (SSSR count). The molecule has 3 aromatic heterocycles. The highest BCUT2D eigenvalue weighted by Gasteiger charge is 2.16. The molecule has 0 N–H and O–H groups in total. The van der Waals surface area contributed by atoms with Crippen LogP contribution in [-0.2, 0) is 4.74 Å². The predicted molar refractivity (Wildman–Crippen MR) is 71.8 cm³/mol. The molecule has 8 heteroatoms. The van der Waals surface area contributed by atoms with E-state index in [0.29, 0.717) is 10.8 Å². The Morgan fingerprint density at radius 1 is 1.42 bits per heavy atom. The molecule has 0 atom stereocenters. The first-order chi connectivity index (χ1) is 9.20. The van der Waals surface area contributed by atoms with Gasteiger partial charge in [0.2, 0.25) is 4.96 Å². The topological polar surface area (TPSA) is 73.6 Å². The van der Waals surface area contributed by atoms with Crippen molar-refractivity contribution in [2.24, 2.45) is 0 Å². The molecular weight excluding hydrogens is 286 g/mol. The molecule has 0 bridgehead atoms. The smallest absolute Gasteiger partial charge is 0.348 e. The third-order valence-electron chi connectivity index (χ3n) is 2.44. The van der Waals surface area contributed by atoms with E-state index in [-0.39, 0.29) is 10.4 Å². The molecule has 0 aliphatic carbocycles. The lowest BCUT2D eigenvalue weighted by molar-refractivity contribution is 0.0606. The molecule has 0 saturated carbocycles. The van der Waals surface area contributed by atoms with Gasteiger partial charge in [0, 0.05) is 6.07 Å². The van der Waals surface area contributed by atoms with Crippen LogP contribution in [-0.4, -0.2) is 27.7 Å². The average molecular weight is 293 g/mol. The maximum Gasteiger partial charge on any atom is 0.348 e. The number of nitrogens with zero attached hydrogens (tertiary/aromatic N) is 3. The maximum atomic E-state index is 12.1. The van der Waals surface area contributed by atoms with Gasteiger partial charge in [-0.3, -0.25) is 4.79 Å². The maximum absolute atomic E-state index is 12.1. The molecule has 0 aliphatic rings. The van der Waals surface area contributed by atoms with Gasteiger partial charge in [-0.25, -0.2) is 9.20 Å². The minimum Gasteiger partial charge on any atom is -0.465 e. The van der Waals surface area contributed by atoms with Crippen LogP contribution >= 0.6 is 22.7 Å². The van der Waals surface area contributed by atoms with Gasteiger partial charge in [-0.1, -0.05) is 17.4 Å². The van der Waals surface area contributed by atoms with Crippen molar-refractivity contribution >= 4 is 33.6 Å². The van der Waals surface area contributed by atoms with Crippen LogP contribution in [0.5, 0.6) is 0 Å². The number of hydrogen-bond acceptors (Lipinski definition) is 7. The molecule has 0 radical (unpaired) electrons. The van der Waals surface area contributed by atoms with E-state index >= 15 is 0 Å². The number of hydrogen-bond donors (Lipinski definition) is 0. The molecule has 0 fully saturated rings. The zero-order chi connectivity index (χ0) is 13.4. The van der Waals surface area contributed by atoms with Crippen molar-refractivity contribution in [1.29, 1.82) is 0 Å². The minimum atomic E-state index is -0.551. The van der Waals surface area contributed by atoms with Gasteiger partial charge in [0.25, 0.3) is 5.56 Å². The fourth-order valence-corrected chi connectivity index (χ4v) is 3.18.